The Morgan fingerprint density at radius 3 is 2.36 bits per heavy atom. The second kappa shape index (κ2) is 8.43. The van der Waals surface area contributed by atoms with Crippen molar-refractivity contribution in [2.24, 2.45) is 0 Å². The van der Waals surface area contributed by atoms with Crippen molar-refractivity contribution in [3.05, 3.63) is 66.2 Å². The van der Waals surface area contributed by atoms with Crippen LogP contribution in [-0.4, -0.2) is 32.2 Å². The lowest BCUT2D eigenvalue weighted by Gasteiger charge is -2.17. The van der Waals surface area contributed by atoms with Crippen LogP contribution in [0.2, 0.25) is 0 Å². The van der Waals surface area contributed by atoms with Crippen LogP contribution in [0.3, 0.4) is 0 Å². The van der Waals surface area contributed by atoms with Crippen LogP contribution >= 0.6 is 0 Å². The molecule has 0 aliphatic rings. The molecule has 0 fully saturated rings. The highest BCUT2D eigenvalue weighted by molar-refractivity contribution is 5.96. The van der Waals surface area contributed by atoms with E-state index in [1.807, 2.05) is 42.5 Å². The van der Waals surface area contributed by atoms with Crippen LogP contribution in [0.25, 0.3) is 10.8 Å². The van der Waals surface area contributed by atoms with Crippen LogP contribution < -0.4 is 14.8 Å². The van der Waals surface area contributed by atoms with Crippen LogP contribution in [0.1, 0.15) is 17.3 Å². The molecule has 6 heteroatoms. The molecule has 0 aliphatic heterocycles. The molecule has 3 rings (SSSR count). The minimum absolute atomic E-state index is 0.297. The third-order valence-electron chi connectivity index (χ3n) is 4.27. The molecule has 6 nitrogen and oxygen atoms in total. The van der Waals surface area contributed by atoms with Crippen molar-refractivity contribution in [2.45, 2.75) is 13.0 Å². The van der Waals surface area contributed by atoms with Crippen molar-refractivity contribution in [1.82, 2.24) is 0 Å². The van der Waals surface area contributed by atoms with Crippen LogP contribution in [-0.2, 0) is 9.53 Å². The molecule has 0 aromatic heterocycles. The van der Waals surface area contributed by atoms with Crippen molar-refractivity contribution in [1.29, 1.82) is 0 Å². The van der Waals surface area contributed by atoms with Gasteiger partial charge in [0.15, 0.2) is 17.6 Å². The lowest BCUT2D eigenvalue weighted by molar-refractivity contribution is -0.122. The predicted molar refractivity (Wildman–Crippen MR) is 107 cm³/mol. The fraction of sp³-hybridized carbons (Fsp3) is 0.182. The van der Waals surface area contributed by atoms with Crippen LogP contribution in [0, 0.1) is 0 Å². The van der Waals surface area contributed by atoms with Crippen molar-refractivity contribution >= 4 is 28.3 Å². The normalized spacial score (nSPS) is 11.5. The van der Waals surface area contributed by atoms with Gasteiger partial charge in [0.25, 0.3) is 5.91 Å². The minimum Gasteiger partial charge on any atom is -0.493 e. The lowest BCUT2D eigenvalue weighted by Crippen LogP contribution is -2.30. The fourth-order valence-corrected chi connectivity index (χ4v) is 2.76. The van der Waals surface area contributed by atoms with Crippen molar-refractivity contribution < 1.29 is 23.8 Å². The minimum atomic E-state index is -0.774. The van der Waals surface area contributed by atoms with E-state index in [9.17, 15) is 9.59 Å². The SMILES string of the molecule is COC(=O)c1ccc(O[C@H](C)C(=O)Nc2ccc3ccccc3c2)c(OC)c1. The molecule has 0 radical (unpaired) electrons. The van der Waals surface area contributed by atoms with E-state index in [0.717, 1.165) is 10.8 Å². The van der Waals surface area contributed by atoms with Gasteiger partial charge in [-0.05, 0) is 48.0 Å². The molecule has 28 heavy (non-hydrogen) atoms. The smallest absolute Gasteiger partial charge is 0.337 e. The average molecular weight is 379 g/mol. The zero-order chi connectivity index (χ0) is 20.1. The number of hydrogen-bond donors (Lipinski definition) is 1. The quantitative estimate of drug-likeness (QED) is 0.654. The first-order valence-corrected chi connectivity index (χ1v) is 8.74. The molecule has 0 spiro atoms. The van der Waals surface area contributed by atoms with E-state index in [1.165, 1.54) is 20.3 Å². The van der Waals surface area contributed by atoms with Gasteiger partial charge in [-0.15, -0.1) is 0 Å². The van der Waals surface area contributed by atoms with Gasteiger partial charge in [-0.1, -0.05) is 30.3 Å². The van der Waals surface area contributed by atoms with Crippen LogP contribution in [0.15, 0.2) is 60.7 Å². The van der Waals surface area contributed by atoms with Crippen LogP contribution in [0.4, 0.5) is 5.69 Å². The third kappa shape index (κ3) is 4.23. The van der Waals surface area contributed by atoms with E-state index in [0.29, 0.717) is 22.7 Å². The van der Waals surface area contributed by atoms with Crippen molar-refractivity contribution in [2.75, 3.05) is 19.5 Å². The molecule has 0 heterocycles. The third-order valence-corrected chi connectivity index (χ3v) is 4.27. The van der Waals surface area contributed by atoms with E-state index >= 15 is 0 Å². The maximum atomic E-state index is 12.5. The summed E-state index contributed by atoms with van der Waals surface area (Å²) < 4.78 is 15.7. The predicted octanol–water partition coefficient (Wildman–Crippen LogP) is 4.04. The van der Waals surface area contributed by atoms with Gasteiger partial charge in [0.05, 0.1) is 19.8 Å². The van der Waals surface area contributed by atoms with Gasteiger partial charge in [0, 0.05) is 5.69 Å². The van der Waals surface area contributed by atoms with Crippen LogP contribution in [0.5, 0.6) is 11.5 Å². The van der Waals surface area contributed by atoms with Crippen molar-refractivity contribution in [3.8, 4) is 11.5 Å². The summed E-state index contributed by atoms with van der Waals surface area (Å²) in [5, 5.41) is 4.98. The Bertz CT molecular complexity index is 1010. The van der Waals surface area contributed by atoms with Gasteiger partial charge in [-0.2, -0.15) is 0 Å². The van der Waals surface area contributed by atoms with Crippen molar-refractivity contribution in [3.63, 3.8) is 0 Å². The first-order valence-electron chi connectivity index (χ1n) is 8.74. The number of rotatable bonds is 6. The van der Waals surface area contributed by atoms with Gasteiger partial charge in [-0.25, -0.2) is 4.79 Å². The Labute approximate surface area is 163 Å². The Balaban J connectivity index is 1.71. The number of benzene rings is 3. The molecule has 0 saturated heterocycles. The monoisotopic (exact) mass is 379 g/mol. The lowest BCUT2D eigenvalue weighted by atomic mass is 10.1. The maximum absolute atomic E-state index is 12.5. The highest BCUT2D eigenvalue weighted by Crippen LogP contribution is 2.29. The summed E-state index contributed by atoms with van der Waals surface area (Å²) in [4.78, 5) is 24.2. The average Bonchev–Trinajstić information content (AvgIpc) is 2.73. The summed E-state index contributed by atoms with van der Waals surface area (Å²) >= 11 is 0. The molecule has 3 aromatic carbocycles. The molecule has 0 unspecified atom stereocenters. The molecule has 1 N–H and O–H groups in total. The van der Waals surface area contributed by atoms with E-state index in [-0.39, 0.29) is 5.91 Å². The zero-order valence-electron chi connectivity index (χ0n) is 15.9. The topological polar surface area (TPSA) is 73.9 Å². The summed E-state index contributed by atoms with van der Waals surface area (Å²) in [5.74, 6) is -0.0779. The number of carbonyl (C=O) groups is 2. The molecule has 0 bridgehead atoms. The first kappa shape index (κ1) is 19.2. The second-order valence-corrected chi connectivity index (χ2v) is 6.17. The number of fused-ring (bicyclic) bond motifs is 1. The Morgan fingerprint density at radius 1 is 0.893 bits per heavy atom. The number of methoxy groups -OCH3 is 2. The second-order valence-electron chi connectivity index (χ2n) is 6.17. The summed E-state index contributed by atoms with van der Waals surface area (Å²) in [5.41, 5.74) is 1.02. The van der Waals surface area contributed by atoms with Gasteiger partial charge in [-0.3, -0.25) is 4.79 Å². The number of anilines is 1. The number of ether oxygens (including phenoxy) is 3. The summed E-state index contributed by atoms with van der Waals surface area (Å²) in [7, 11) is 2.77. The summed E-state index contributed by atoms with van der Waals surface area (Å²) in [6.07, 6.45) is -0.774. The number of esters is 1. The molecular weight excluding hydrogens is 358 g/mol. The summed E-state index contributed by atoms with van der Waals surface area (Å²) in [6, 6.07) is 18.3. The van der Waals surface area contributed by atoms with E-state index in [4.69, 9.17) is 14.2 Å². The van der Waals surface area contributed by atoms with Gasteiger partial charge < -0.3 is 19.5 Å². The fourth-order valence-electron chi connectivity index (χ4n) is 2.76. The molecule has 3 aromatic rings. The van der Waals surface area contributed by atoms with E-state index in [2.05, 4.69) is 5.32 Å². The zero-order valence-corrected chi connectivity index (χ0v) is 15.9. The number of hydrogen-bond acceptors (Lipinski definition) is 5. The Kier molecular flexibility index (Phi) is 5.79. The molecule has 1 amide bonds. The van der Waals surface area contributed by atoms with Gasteiger partial charge in [0.1, 0.15) is 0 Å². The molecule has 144 valence electrons. The van der Waals surface area contributed by atoms with Gasteiger partial charge in [0.2, 0.25) is 0 Å². The number of carbonyl (C=O) groups excluding carboxylic acids is 2. The standard InChI is InChI=1S/C22H21NO5/c1-14(28-19-11-9-17(22(25)27-3)13-20(19)26-2)21(24)23-18-10-8-15-6-4-5-7-16(15)12-18/h4-14H,1-3H3,(H,23,24)/t14-/m1/s1. The van der Waals surface area contributed by atoms with Gasteiger partial charge >= 0.3 is 5.97 Å². The van der Waals surface area contributed by atoms with E-state index in [1.54, 1.807) is 19.1 Å². The largest absolute Gasteiger partial charge is 0.493 e. The highest BCUT2D eigenvalue weighted by Gasteiger charge is 2.18. The molecule has 1 atom stereocenters. The van der Waals surface area contributed by atoms with E-state index < -0.39 is 12.1 Å². The highest BCUT2D eigenvalue weighted by atomic mass is 16.5. The Hall–Kier alpha value is -3.54. The first-order chi connectivity index (χ1) is 13.5. The Morgan fingerprint density at radius 2 is 1.64 bits per heavy atom. The maximum Gasteiger partial charge on any atom is 0.337 e. The number of nitrogens with one attached hydrogen (secondary N) is 1. The molecular formula is C22H21NO5. The summed E-state index contributed by atoms with van der Waals surface area (Å²) in [6.45, 7) is 1.64. The molecule has 0 saturated carbocycles. The molecule has 0 aliphatic carbocycles. The number of amides is 1.